The number of ether oxygens (including phenoxy) is 1. The first-order valence-electron chi connectivity index (χ1n) is 4.94. The maximum atomic E-state index is 5.96. The molecule has 3 heteroatoms. The van der Waals surface area contributed by atoms with Crippen LogP contribution in [0.3, 0.4) is 0 Å². The minimum atomic E-state index is -0.0462. The number of hydrogen-bond acceptors (Lipinski definition) is 2. The average molecular weight is 254 g/mol. The number of hydrogen-bond donors (Lipinski definition) is 1. The van der Waals surface area contributed by atoms with Gasteiger partial charge < -0.3 is 10.1 Å². The van der Waals surface area contributed by atoms with Crippen molar-refractivity contribution in [3.8, 4) is 0 Å². The lowest BCUT2D eigenvalue weighted by atomic mass is 9.92. The maximum absolute atomic E-state index is 5.96. The Morgan fingerprint density at radius 1 is 1.43 bits per heavy atom. The molecule has 2 heterocycles. The van der Waals surface area contributed by atoms with E-state index >= 15 is 0 Å². The topological polar surface area (TPSA) is 21.3 Å². The van der Waals surface area contributed by atoms with Crippen molar-refractivity contribution in [1.82, 2.24) is 5.32 Å². The largest absolute Gasteiger partial charge is 0.364 e. The lowest BCUT2D eigenvalue weighted by Crippen LogP contribution is -2.28. The van der Waals surface area contributed by atoms with Gasteiger partial charge in [-0.2, -0.15) is 0 Å². The van der Waals surface area contributed by atoms with Gasteiger partial charge in [0.05, 0.1) is 6.61 Å². The lowest BCUT2D eigenvalue weighted by molar-refractivity contribution is -0.0222. The molecule has 1 aromatic carbocycles. The SMILES string of the molecule is Brc1cccc2c1C1(CCNC1)OC2. The zero-order valence-corrected chi connectivity index (χ0v) is 9.43. The zero-order chi connectivity index (χ0) is 9.60. The summed E-state index contributed by atoms with van der Waals surface area (Å²) >= 11 is 3.62. The van der Waals surface area contributed by atoms with E-state index in [-0.39, 0.29) is 5.60 Å². The minimum Gasteiger partial charge on any atom is -0.364 e. The predicted molar refractivity (Wildman–Crippen MR) is 58.1 cm³/mol. The van der Waals surface area contributed by atoms with E-state index in [2.05, 4.69) is 39.4 Å². The van der Waals surface area contributed by atoms with E-state index in [0.717, 1.165) is 26.1 Å². The van der Waals surface area contributed by atoms with Crippen LogP contribution < -0.4 is 5.32 Å². The number of rotatable bonds is 0. The first-order chi connectivity index (χ1) is 6.82. The fraction of sp³-hybridized carbons (Fsp3) is 0.455. The van der Waals surface area contributed by atoms with Crippen LogP contribution in [-0.4, -0.2) is 13.1 Å². The summed E-state index contributed by atoms with van der Waals surface area (Å²) in [6.45, 7) is 2.76. The second-order valence-electron chi connectivity index (χ2n) is 3.98. The molecule has 1 aromatic rings. The lowest BCUT2D eigenvalue weighted by Gasteiger charge is -2.23. The highest BCUT2D eigenvalue weighted by Gasteiger charge is 2.43. The van der Waals surface area contributed by atoms with Crippen LogP contribution in [0.4, 0.5) is 0 Å². The molecule has 2 aliphatic heterocycles. The van der Waals surface area contributed by atoms with E-state index in [0.29, 0.717) is 0 Å². The Labute approximate surface area is 91.8 Å². The van der Waals surface area contributed by atoms with Crippen molar-refractivity contribution in [3.05, 3.63) is 33.8 Å². The van der Waals surface area contributed by atoms with Crippen molar-refractivity contribution in [3.63, 3.8) is 0 Å². The molecule has 2 nitrogen and oxygen atoms in total. The highest BCUT2D eigenvalue weighted by Crippen LogP contribution is 2.44. The van der Waals surface area contributed by atoms with Gasteiger partial charge in [0, 0.05) is 16.6 Å². The third-order valence-corrected chi connectivity index (χ3v) is 3.84. The van der Waals surface area contributed by atoms with Gasteiger partial charge in [-0.1, -0.05) is 28.1 Å². The molecule has 14 heavy (non-hydrogen) atoms. The number of halogens is 1. The maximum Gasteiger partial charge on any atom is 0.109 e. The number of nitrogens with one attached hydrogen (secondary N) is 1. The second-order valence-corrected chi connectivity index (χ2v) is 4.84. The monoisotopic (exact) mass is 253 g/mol. The summed E-state index contributed by atoms with van der Waals surface area (Å²) in [6.07, 6.45) is 1.09. The molecule has 1 saturated heterocycles. The van der Waals surface area contributed by atoms with Crippen LogP contribution in [0.15, 0.2) is 22.7 Å². The first-order valence-corrected chi connectivity index (χ1v) is 5.74. The van der Waals surface area contributed by atoms with Gasteiger partial charge in [-0.3, -0.25) is 0 Å². The van der Waals surface area contributed by atoms with Crippen molar-refractivity contribution < 1.29 is 4.74 Å². The van der Waals surface area contributed by atoms with Crippen molar-refractivity contribution in [2.45, 2.75) is 18.6 Å². The Bertz CT molecular complexity index is 372. The molecule has 1 unspecified atom stereocenters. The molecule has 0 saturated carbocycles. The van der Waals surface area contributed by atoms with Gasteiger partial charge in [0.2, 0.25) is 0 Å². The fourth-order valence-corrected chi connectivity index (χ4v) is 3.26. The summed E-state index contributed by atoms with van der Waals surface area (Å²) in [4.78, 5) is 0. The molecule has 1 N–H and O–H groups in total. The van der Waals surface area contributed by atoms with Crippen LogP contribution in [0.2, 0.25) is 0 Å². The molecule has 1 spiro atoms. The fourth-order valence-electron chi connectivity index (χ4n) is 2.49. The van der Waals surface area contributed by atoms with Gasteiger partial charge in [0.25, 0.3) is 0 Å². The van der Waals surface area contributed by atoms with Gasteiger partial charge in [-0.25, -0.2) is 0 Å². The van der Waals surface area contributed by atoms with Gasteiger partial charge in [0.15, 0.2) is 0 Å². The van der Waals surface area contributed by atoms with Crippen molar-refractivity contribution in [2.24, 2.45) is 0 Å². The molecule has 1 atom stereocenters. The van der Waals surface area contributed by atoms with E-state index < -0.39 is 0 Å². The molecule has 3 rings (SSSR count). The summed E-state index contributed by atoms with van der Waals surface area (Å²) in [6, 6.07) is 6.34. The van der Waals surface area contributed by atoms with Crippen molar-refractivity contribution >= 4 is 15.9 Å². The van der Waals surface area contributed by atoms with E-state index in [9.17, 15) is 0 Å². The van der Waals surface area contributed by atoms with Gasteiger partial charge in [-0.05, 0) is 24.6 Å². The Morgan fingerprint density at radius 3 is 3.14 bits per heavy atom. The molecule has 0 aliphatic carbocycles. The Kier molecular flexibility index (Phi) is 1.94. The molecular weight excluding hydrogens is 242 g/mol. The minimum absolute atomic E-state index is 0.0462. The highest BCUT2D eigenvalue weighted by atomic mass is 79.9. The zero-order valence-electron chi connectivity index (χ0n) is 7.85. The van der Waals surface area contributed by atoms with Crippen LogP contribution in [0.1, 0.15) is 17.5 Å². The molecule has 2 aliphatic rings. The summed E-state index contributed by atoms with van der Waals surface area (Å²) in [7, 11) is 0. The van der Waals surface area contributed by atoms with Crippen LogP contribution in [0.5, 0.6) is 0 Å². The Balaban J connectivity index is 2.16. The number of benzene rings is 1. The second kappa shape index (κ2) is 3.05. The summed E-state index contributed by atoms with van der Waals surface area (Å²) in [5.74, 6) is 0. The summed E-state index contributed by atoms with van der Waals surface area (Å²) in [5.41, 5.74) is 2.66. The molecule has 1 fully saturated rings. The standard InChI is InChI=1S/C11H12BrNO/c12-9-3-1-2-8-6-14-11(10(8)9)4-5-13-7-11/h1-3,13H,4-7H2. The molecule has 0 aromatic heterocycles. The average Bonchev–Trinajstić information content (AvgIpc) is 2.77. The summed E-state index contributed by atoms with van der Waals surface area (Å²) < 4.78 is 7.15. The molecule has 0 bridgehead atoms. The van der Waals surface area contributed by atoms with Crippen LogP contribution in [0, 0.1) is 0 Å². The first kappa shape index (κ1) is 8.89. The molecule has 0 radical (unpaired) electrons. The quantitative estimate of drug-likeness (QED) is 0.766. The predicted octanol–water partition coefficient (Wildman–Crippen LogP) is 2.17. The Hall–Kier alpha value is -0.380. The van der Waals surface area contributed by atoms with Gasteiger partial charge in [0.1, 0.15) is 5.60 Å². The third kappa shape index (κ3) is 1.09. The van der Waals surface area contributed by atoms with E-state index in [1.807, 2.05) is 0 Å². The normalized spacial score (nSPS) is 29.8. The van der Waals surface area contributed by atoms with Crippen LogP contribution >= 0.6 is 15.9 Å². The van der Waals surface area contributed by atoms with Gasteiger partial charge in [-0.15, -0.1) is 0 Å². The number of fused-ring (bicyclic) bond motifs is 2. The van der Waals surface area contributed by atoms with Gasteiger partial charge >= 0.3 is 0 Å². The van der Waals surface area contributed by atoms with Crippen LogP contribution in [0.25, 0.3) is 0 Å². The van der Waals surface area contributed by atoms with E-state index in [4.69, 9.17) is 4.74 Å². The van der Waals surface area contributed by atoms with Crippen LogP contribution in [-0.2, 0) is 16.9 Å². The van der Waals surface area contributed by atoms with Crippen molar-refractivity contribution in [2.75, 3.05) is 13.1 Å². The van der Waals surface area contributed by atoms with Crippen molar-refractivity contribution in [1.29, 1.82) is 0 Å². The third-order valence-electron chi connectivity index (χ3n) is 3.18. The highest BCUT2D eigenvalue weighted by molar-refractivity contribution is 9.10. The van der Waals surface area contributed by atoms with E-state index in [1.54, 1.807) is 0 Å². The molecule has 74 valence electrons. The molecule has 0 amide bonds. The smallest absolute Gasteiger partial charge is 0.109 e. The van der Waals surface area contributed by atoms with E-state index in [1.165, 1.54) is 15.6 Å². The molecular formula is C11H12BrNO. The Morgan fingerprint density at radius 2 is 2.36 bits per heavy atom. The summed E-state index contributed by atoms with van der Waals surface area (Å²) in [5, 5.41) is 3.38.